The Balaban J connectivity index is 1.53. The fourth-order valence-electron chi connectivity index (χ4n) is 4.26. The minimum atomic E-state index is -4.43. The van der Waals surface area contributed by atoms with Gasteiger partial charge in [0.25, 0.3) is 11.8 Å². The van der Waals surface area contributed by atoms with Crippen molar-refractivity contribution in [1.29, 1.82) is 0 Å². The molecule has 7 nitrogen and oxygen atoms in total. The Bertz CT molecular complexity index is 1130. The van der Waals surface area contributed by atoms with Gasteiger partial charge in [-0.25, -0.2) is 9.69 Å². The number of likely N-dealkylation sites (tertiary alicyclic amines) is 1. The second kappa shape index (κ2) is 9.52. The maximum absolute atomic E-state index is 13.3. The summed E-state index contributed by atoms with van der Waals surface area (Å²) in [5.41, 5.74) is -4.50. The van der Waals surface area contributed by atoms with Gasteiger partial charge < -0.3 is 9.80 Å². The van der Waals surface area contributed by atoms with Crippen molar-refractivity contribution in [2.24, 2.45) is 0 Å². The van der Waals surface area contributed by atoms with Crippen LogP contribution < -0.4 is 4.90 Å². The Morgan fingerprint density at radius 3 is 2.34 bits per heavy atom. The van der Waals surface area contributed by atoms with Gasteiger partial charge in [-0.15, -0.1) is 0 Å². The molecule has 2 fully saturated rings. The van der Waals surface area contributed by atoms with Crippen LogP contribution in [0.2, 0.25) is 0 Å². The number of aromatic nitrogens is 1. The molecule has 2 aromatic rings. The third-order valence-corrected chi connectivity index (χ3v) is 6.92. The number of hydrogen-bond acceptors (Lipinski definition) is 5. The lowest BCUT2D eigenvalue weighted by molar-refractivity contribution is -0.123. The first kappa shape index (κ1) is 25.0. The van der Waals surface area contributed by atoms with Crippen molar-refractivity contribution >= 4 is 35.3 Å². The number of urea groups is 1. The van der Waals surface area contributed by atoms with Gasteiger partial charge in [0, 0.05) is 30.7 Å². The number of pyridine rings is 1. The maximum Gasteiger partial charge on any atom is 0.446 e. The van der Waals surface area contributed by atoms with E-state index in [9.17, 15) is 27.6 Å². The van der Waals surface area contributed by atoms with Gasteiger partial charge in [0.1, 0.15) is 11.2 Å². The lowest BCUT2D eigenvalue weighted by atomic mass is 10.0. The zero-order chi connectivity index (χ0) is 25.4. The quantitative estimate of drug-likeness (QED) is 0.418. The Kier molecular flexibility index (Phi) is 6.81. The van der Waals surface area contributed by atoms with Gasteiger partial charge in [-0.05, 0) is 86.8 Å². The molecule has 11 heteroatoms. The van der Waals surface area contributed by atoms with Gasteiger partial charge >= 0.3 is 11.5 Å². The summed E-state index contributed by atoms with van der Waals surface area (Å²) < 4.78 is 37.9. The molecule has 0 N–H and O–H groups in total. The van der Waals surface area contributed by atoms with Crippen LogP contribution in [0.15, 0.2) is 47.5 Å². The number of anilines is 1. The normalized spacial score (nSPS) is 18.4. The molecule has 3 heterocycles. The predicted octanol–water partition coefficient (Wildman–Crippen LogP) is 5.07. The number of hydrogen-bond donors (Lipinski definition) is 0. The molecule has 0 unspecified atom stereocenters. The SMILES string of the molecule is CC1(C)C(=O)N(c2ccc(SC(F)(F)F)cc2)C(=O)N1Cc1ccnc(C(=O)N2CCCCC2)c1. The average molecular weight is 507 g/mol. The number of alkyl halides is 3. The van der Waals surface area contributed by atoms with Crippen LogP contribution in [0.1, 0.15) is 49.2 Å². The predicted molar refractivity (Wildman–Crippen MR) is 125 cm³/mol. The van der Waals surface area contributed by atoms with Crippen LogP contribution in [0.5, 0.6) is 0 Å². The molecule has 2 aliphatic heterocycles. The third kappa shape index (κ3) is 5.29. The molecule has 0 atom stereocenters. The van der Waals surface area contributed by atoms with Crippen LogP contribution in [0, 0.1) is 0 Å². The zero-order valence-electron chi connectivity index (χ0n) is 19.3. The first-order valence-corrected chi connectivity index (χ1v) is 12.1. The number of imide groups is 1. The summed E-state index contributed by atoms with van der Waals surface area (Å²) in [6, 6.07) is 7.84. The molecule has 0 aliphatic carbocycles. The highest BCUT2D eigenvalue weighted by Crippen LogP contribution is 2.39. The number of halogens is 3. The van der Waals surface area contributed by atoms with Crippen LogP contribution in [0.25, 0.3) is 0 Å². The second-order valence-corrected chi connectivity index (χ2v) is 10.2. The molecule has 4 rings (SSSR count). The Labute approximate surface area is 205 Å². The van der Waals surface area contributed by atoms with Crippen LogP contribution in [-0.4, -0.2) is 56.8 Å². The molecule has 0 spiro atoms. The number of thioether (sulfide) groups is 1. The van der Waals surface area contributed by atoms with E-state index in [-0.39, 0.29) is 40.5 Å². The summed E-state index contributed by atoms with van der Waals surface area (Å²) in [5.74, 6) is -0.648. The molecule has 1 aromatic carbocycles. The number of piperidine rings is 1. The van der Waals surface area contributed by atoms with E-state index in [4.69, 9.17) is 0 Å². The number of benzene rings is 1. The fourth-order valence-corrected chi connectivity index (χ4v) is 4.80. The van der Waals surface area contributed by atoms with Crippen molar-refractivity contribution in [1.82, 2.24) is 14.8 Å². The van der Waals surface area contributed by atoms with E-state index in [2.05, 4.69) is 4.98 Å². The molecule has 1 aromatic heterocycles. The Morgan fingerprint density at radius 1 is 1.06 bits per heavy atom. The molecule has 4 amide bonds. The highest BCUT2D eigenvalue weighted by atomic mass is 32.2. The molecule has 0 bridgehead atoms. The van der Waals surface area contributed by atoms with Crippen molar-refractivity contribution in [2.45, 2.75) is 55.6 Å². The van der Waals surface area contributed by atoms with E-state index >= 15 is 0 Å². The molecule has 0 radical (unpaired) electrons. The summed E-state index contributed by atoms with van der Waals surface area (Å²) >= 11 is -0.266. The molecule has 186 valence electrons. The standard InChI is InChI=1S/C24H25F3N4O3S/c1-23(2)21(33)31(17-6-8-18(9-7-17)35-24(25,26)27)22(34)30(23)15-16-10-11-28-19(14-16)20(32)29-12-4-3-5-13-29/h6-11,14H,3-5,12-13,15H2,1-2H3. The zero-order valence-corrected chi connectivity index (χ0v) is 20.2. The van der Waals surface area contributed by atoms with Gasteiger partial charge in [0.05, 0.1) is 5.69 Å². The highest BCUT2D eigenvalue weighted by molar-refractivity contribution is 8.00. The largest absolute Gasteiger partial charge is 0.446 e. The molecule has 2 aliphatic rings. The van der Waals surface area contributed by atoms with Crippen molar-refractivity contribution in [3.05, 3.63) is 53.9 Å². The summed E-state index contributed by atoms with van der Waals surface area (Å²) in [5, 5.41) is 0. The maximum atomic E-state index is 13.3. The van der Waals surface area contributed by atoms with Crippen molar-refractivity contribution in [3.8, 4) is 0 Å². The Morgan fingerprint density at radius 2 is 1.71 bits per heavy atom. The van der Waals surface area contributed by atoms with E-state index in [1.54, 1.807) is 30.9 Å². The number of nitrogens with zero attached hydrogens (tertiary/aromatic N) is 4. The highest BCUT2D eigenvalue weighted by Gasteiger charge is 2.51. The fraction of sp³-hybridized carbons (Fsp3) is 0.417. The van der Waals surface area contributed by atoms with Gasteiger partial charge in [-0.2, -0.15) is 13.2 Å². The summed E-state index contributed by atoms with van der Waals surface area (Å²) in [6.45, 7) is 4.67. The number of carbonyl (C=O) groups excluding carboxylic acids is 3. The van der Waals surface area contributed by atoms with Crippen LogP contribution in [-0.2, 0) is 11.3 Å². The van der Waals surface area contributed by atoms with E-state index in [0.29, 0.717) is 18.7 Å². The Hall–Kier alpha value is -3.08. The van der Waals surface area contributed by atoms with E-state index in [0.717, 1.165) is 24.2 Å². The molecule has 0 saturated carbocycles. The summed E-state index contributed by atoms with van der Waals surface area (Å²) in [7, 11) is 0. The third-order valence-electron chi connectivity index (χ3n) is 6.18. The van der Waals surface area contributed by atoms with Gasteiger partial charge in [0.15, 0.2) is 0 Å². The molecule has 2 saturated heterocycles. The minimum Gasteiger partial charge on any atom is -0.337 e. The lowest BCUT2D eigenvalue weighted by Gasteiger charge is -2.28. The van der Waals surface area contributed by atoms with Gasteiger partial charge in [-0.1, -0.05) is 0 Å². The monoisotopic (exact) mass is 506 g/mol. The van der Waals surface area contributed by atoms with E-state index in [1.165, 1.54) is 35.4 Å². The van der Waals surface area contributed by atoms with E-state index in [1.807, 2.05) is 0 Å². The van der Waals surface area contributed by atoms with Crippen molar-refractivity contribution in [3.63, 3.8) is 0 Å². The summed E-state index contributed by atoms with van der Waals surface area (Å²) in [4.78, 5) is 47.5. The van der Waals surface area contributed by atoms with Crippen molar-refractivity contribution < 1.29 is 27.6 Å². The van der Waals surface area contributed by atoms with Crippen LogP contribution in [0.3, 0.4) is 0 Å². The topological polar surface area (TPSA) is 73.8 Å². The molecular formula is C24H25F3N4O3S. The van der Waals surface area contributed by atoms with Gasteiger partial charge in [0.2, 0.25) is 0 Å². The number of rotatable bonds is 5. The first-order valence-electron chi connectivity index (χ1n) is 11.2. The van der Waals surface area contributed by atoms with E-state index < -0.39 is 23.0 Å². The second-order valence-electron chi connectivity index (χ2n) is 9.01. The average Bonchev–Trinajstić information content (AvgIpc) is 2.98. The van der Waals surface area contributed by atoms with Gasteiger partial charge in [-0.3, -0.25) is 14.6 Å². The lowest BCUT2D eigenvalue weighted by Crippen LogP contribution is -2.43. The number of carbonyl (C=O) groups is 3. The smallest absolute Gasteiger partial charge is 0.337 e. The first-order chi connectivity index (χ1) is 16.5. The van der Waals surface area contributed by atoms with Crippen LogP contribution in [0.4, 0.5) is 23.7 Å². The molecule has 35 heavy (non-hydrogen) atoms. The van der Waals surface area contributed by atoms with Crippen molar-refractivity contribution in [2.75, 3.05) is 18.0 Å². The van der Waals surface area contributed by atoms with Crippen LogP contribution >= 0.6 is 11.8 Å². The number of amides is 4. The molecular weight excluding hydrogens is 481 g/mol. The minimum absolute atomic E-state index is 0.0425. The summed E-state index contributed by atoms with van der Waals surface area (Å²) in [6.07, 6.45) is 4.51.